The first-order valence-corrected chi connectivity index (χ1v) is 7.77. The van der Waals surface area contributed by atoms with Crippen molar-refractivity contribution in [2.24, 2.45) is 17.6 Å². The van der Waals surface area contributed by atoms with Gasteiger partial charge in [0.15, 0.2) is 0 Å². The van der Waals surface area contributed by atoms with Crippen molar-refractivity contribution in [1.29, 1.82) is 0 Å². The minimum Gasteiger partial charge on any atom is -0.341 e. The zero-order chi connectivity index (χ0) is 13.8. The second-order valence-corrected chi connectivity index (χ2v) is 6.46. The molecular formula is C15H29N3O. The van der Waals surface area contributed by atoms with Gasteiger partial charge in [-0.1, -0.05) is 0 Å². The van der Waals surface area contributed by atoms with Crippen LogP contribution in [0.5, 0.6) is 0 Å². The molecule has 1 amide bonds. The van der Waals surface area contributed by atoms with Crippen LogP contribution in [0.3, 0.4) is 0 Å². The summed E-state index contributed by atoms with van der Waals surface area (Å²) >= 11 is 0. The molecule has 2 rings (SSSR count). The lowest BCUT2D eigenvalue weighted by atomic mass is 9.81. The maximum Gasteiger partial charge on any atom is 0.225 e. The van der Waals surface area contributed by atoms with Crippen molar-refractivity contribution in [3.05, 3.63) is 0 Å². The van der Waals surface area contributed by atoms with E-state index in [-0.39, 0.29) is 5.92 Å². The molecule has 1 unspecified atom stereocenters. The molecule has 0 spiro atoms. The van der Waals surface area contributed by atoms with E-state index in [1.165, 1.54) is 13.0 Å². The van der Waals surface area contributed by atoms with Gasteiger partial charge in [0.05, 0.1) is 0 Å². The van der Waals surface area contributed by atoms with Crippen LogP contribution >= 0.6 is 0 Å². The van der Waals surface area contributed by atoms with Crippen molar-refractivity contribution in [2.45, 2.75) is 44.6 Å². The molecule has 4 nitrogen and oxygen atoms in total. The minimum absolute atomic E-state index is 0.250. The number of hydrogen-bond donors (Lipinski definition) is 1. The van der Waals surface area contributed by atoms with Crippen molar-refractivity contribution in [3.8, 4) is 0 Å². The highest BCUT2D eigenvalue weighted by atomic mass is 16.2. The van der Waals surface area contributed by atoms with Crippen LogP contribution in [-0.2, 0) is 4.79 Å². The first-order valence-electron chi connectivity index (χ1n) is 7.77. The lowest BCUT2D eigenvalue weighted by Crippen LogP contribution is -2.49. The molecule has 1 atom stereocenters. The summed E-state index contributed by atoms with van der Waals surface area (Å²) in [7, 11) is 4.15. The maximum absolute atomic E-state index is 12.6. The Kier molecular flexibility index (Phi) is 5.22. The van der Waals surface area contributed by atoms with Gasteiger partial charge < -0.3 is 15.5 Å². The summed E-state index contributed by atoms with van der Waals surface area (Å²) in [6.45, 7) is 2.98. The van der Waals surface area contributed by atoms with Crippen molar-refractivity contribution >= 4 is 5.91 Å². The Morgan fingerprint density at radius 3 is 2.53 bits per heavy atom. The number of carbonyl (C=O) groups excluding carboxylic acids is 1. The molecule has 110 valence electrons. The number of likely N-dealkylation sites (tertiary alicyclic amines) is 1. The van der Waals surface area contributed by atoms with Gasteiger partial charge >= 0.3 is 0 Å². The van der Waals surface area contributed by atoms with Gasteiger partial charge in [0.2, 0.25) is 5.91 Å². The zero-order valence-corrected chi connectivity index (χ0v) is 12.5. The molecule has 1 aliphatic heterocycles. The molecule has 4 heteroatoms. The molecule has 0 aromatic rings. The van der Waals surface area contributed by atoms with Crippen LogP contribution < -0.4 is 5.73 Å². The van der Waals surface area contributed by atoms with Crippen molar-refractivity contribution in [2.75, 3.05) is 33.7 Å². The Morgan fingerprint density at radius 2 is 1.95 bits per heavy atom. The van der Waals surface area contributed by atoms with Crippen molar-refractivity contribution in [3.63, 3.8) is 0 Å². The predicted octanol–water partition coefficient (Wildman–Crippen LogP) is 1.30. The minimum atomic E-state index is 0.250. The lowest BCUT2D eigenvalue weighted by Gasteiger charge is -2.38. The molecule has 0 bridgehead atoms. The fourth-order valence-corrected chi connectivity index (χ4v) is 3.57. The summed E-state index contributed by atoms with van der Waals surface area (Å²) in [5.74, 6) is 1.27. The van der Waals surface area contributed by atoms with E-state index in [0.717, 1.165) is 45.2 Å². The summed E-state index contributed by atoms with van der Waals surface area (Å²) in [6, 6.07) is 0.415. The van der Waals surface area contributed by atoms with E-state index >= 15 is 0 Å². The van der Waals surface area contributed by atoms with Gasteiger partial charge in [-0.2, -0.15) is 0 Å². The monoisotopic (exact) mass is 267 g/mol. The summed E-state index contributed by atoms with van der Waals surface area (Å²) in [6.07, 6.45) is 6.70. The summed E-state index contributed by atoms with van der Waals surface area (Å²) in [5.41, 5.74) is 5.72. The number of piperidine rings is 1. The van der Waals surface area contributed by atoms with Crippen LogP contribution in [0.4, 0.5) is 0 Å². The van der Waals surface area contributed by atoms with Crippen LogP contribution in [0.1, 0.15) is 38.5 Å². The molecule has 0 radical (unpaired) electrons. The molecule has 19 heavy (non-hydrogen) atoms. The van der Waals surface area contributed by atoms with E-state index in [9.17, 15) is 4.79 Å². The van der Waals surface area contributed by atoms with Gasteiger partial charge in [0, 0.05) is 25.6 Å². The SMILES string of the molecule is CN1CCCC(N(C)C(=O)C2CCC(CN)CC2)C1. The van der Waals surface area contributed by atoms with Crippen LogP contribution in [0, 0.1) is 11.8 Å². The molecule has 0 aromatic carbocycles. The lowest BCUT2D eigenvalue weighted by molar-refractivity contribution is -0.138. The van der Waals surface area contributed by atoms with Gasteiger partial charge in [-0.15, -0.1) is 0 Å². The van der Waals surface area contributed by atoms with E-state index in [2.05, 4.69) is 11.9 Å². The number of rotatable bonds is 3. The quantitative estimate of drug-likeness (QED) is 0.838. The van der Waals surface area contributed by atoms with E-state index < -0.39 is 0 Å². The van der Waals surface area contributed by atoms with E-state index in [0.29, 0.717) is 17.9 Å². The third-order valence-corrected chi connectivity index (χ3v) is 5.02. The molecule has 1 aliphatic carbocycles. The number of nitrogens with zero attached hydrogens (tertiary/aromatic N) is 2. The molecule has 2 fully saturated rings. The van der Waals surface area contributed by atoms with E-state index in [4.69, 9.17) is 5.73 Å². The van der Waals surface area contributed by atoms with Crippen LogP contribution in [0.2, 0.25) is 0 Å². The largest absolute Gasteiger partial charge is 0.341 e. The highest BCUT2D eigenvalue weighted by Crippen LogP contribution is 2.30. The number of likely N-dealkylation sites (N-methyl/N-ethyl adjacent to an activating group) is 2. The molecule has 1 heterocycles. The number of amides is 1. The Balaban J connectivity index is 1.85. The van der Waals surface area contributed by atoms with Gasteiger partial charge in [-0.05, 0) is 64.6 Å². The second kappa shape index (κ2) is 6.71. The first kappa shape index (κ1) is 14.8. The van der Waals surface area contributed by atoms with Crippen LogP contribution in [0.15, 0.2) is 0 Å². The predicted molar refractivity (Wildman–Crippen MR) is 77.8 cm³/mol. The molecule has 1 saturated carbocycles. The molecule has 2 N–H and O–H groups in total. The zero-order valence-electron chi connectivity index (χ0n) is 12.5. The Bertz CT molecular complexity index is 300. The number of hydrogen-bond acceptors (Lipinski definition) is 3. The normalized spacial score (nSPS) is 33.1. The summed E-state index contributed by atoms with van der Waals surface area (Å²) in [5, 5.41) is 0. The average Bonchev–Trinajstić information content (AvgIpc) is 2.46. The smallest absolute Gasteiger partial charge is 0.225 e. The third-order valence-electron chi connectivity index (χ3n) is 5.02. The first-order chi connectivity index (χ1) is 9.11. The molecule has 2 aliphatic rings. The molecule has 0 aromatic heterocycles. The number of carbonyl (C=O) groups is 1. The van der Waals surface area contributed by atoms with Crippen LogP contribution in [0.25, 0.3) is 0 Å². The fraction of sp³-hybridized carbons (Fsp3) is 0.933. The Hall–Kier alpha value is -0.610. The number of nitrogens with two attached hydrogens (primary N) is 1. The van der Waals surface area contributed by atoms with Gasteiger partial charge in [0.1, 0.15) is 0 Å². The Morgan fingerprint density at radius 1 is 1.26 bits per heavy atom. The third kappa shape index (κ3) is 3.69. The standard InChI is InChI=1S/C15H29N3O/c1-17-9-3-4-14(11-17)18(2)15(19)13-7-5-12(10-16)6-8-13/h12-14H,3-11,16H2,1-2H3. The fourth-order valence-electron chi connectivity index (χ4n) is 3.57. The topological polar surface area (TPSA) is 49.6 Å². The van der Waals surface area contributed by atoms with Crippen molar-refractivity contribution in [1.82, 2.24) is 9.80 Å². The molecule has 1 saturated heterocycles. The van der Waals surface area contributed by atoms with E-state index in [1.807, 2.05) is 11.9 Å². The van der Waals surface area contributed by atoms with E-state index in [1.54, 1.807) is 0 Å². The highest BCUT2D eigenvalue weighted by Gasteiger charge is 2.31. The van der Waals surface area contributed by atoms with Gasteiger partial charge in [-0.25, -0.2) is 0 Å². The average molecular weight is 267 g/mol. The highest BCUT2D eigenvalue weighted by molar-refractivity contribution is 5.79. The summed E-state index contributed by atoms with van der Waals surface area (Å²) < 4.78 is 0. The summed E-state index contributed by atoms with van der Waals surface area (Å²) in [4.78, 5) is 16.9. The molecular weight excluding hydrogens is 238 g/mol. The second-order valence-electron chi connectivity index (χ2n) is 6.46. The van der Waals surface area contributed by atoms with Crippen molar-refractivity contribution < 1.29 is 4.79 Å². The van der Waals surface area contributed by atoms with Gasteiger partial charge in [0.25, 0.3) is 0 Å². The maximum atomic E-state index is 12.6. The van der Waals surface area contributed by atoms with Gasteiger partial charge in [-0.3, -0.25) is 4.79 Å². The van der Waals surface area contributed by atoms with Crippen LogP contribution in [-0.4, -0.2) is 55.5 Å². The Labute approximate surface area is 117 Å².